The third-order valence-corrected chi connectivity index (χ3v) is 9.02. The fourth-order valence-corrected chi connectivity index (χ4v) is 6.94. The van der Waals surface area contributed by atoms with Gasteiger partial charge in [-0.15, -0.1) is 0 Å². The molecule has 1 fully saturated rings. The SMILES string of the molecule is COc1ccc2c3c1O[C@H]1C(OC(=O)CCNC(=O)[C@H](O)c4ccccc4)=CC[C@@]4(O)[C@@H](C2)N(C)CC[C@]314.O=C(O)C(F)(F)F. The highest BCUT2D eigenvalue weighted by Crippen LogP contribution is 2.65. The molecule has 2 aliphatic heterocycles. The number of benzene rings is 2. The Morgan fingerprint density at radius 2 is 1.87 bits per heavy atom. The van der Waals surface area contributed by atoms with Gasteiger partial charge in [-0.1, -0.05) is 36.4 Å². The summed E-state index contributed by atoms with van der Waals surface area (Å²) in [5.41, 5.74) is 0.741. The number of esters is 1. The summed E-state index contributed by atoms with van der Waals surface area (Å²) < 4.78 is 49.7. The van der Waals surface area contributed by atoms with E-state index in [-0.39, 0.29) is 19.0 Å². The van der Waals surface area contributed by atoms with Crippen molar-refractivity contribution in [2.24, 2.45) is 0 Å². The number of halogens is 3. The number of aliphatic carboxylic acids is 1. The van der Waals surface area contributed by atoms with Gasteiger partial charge in [-0.05, 0) is 49.7 Å². The van der Waals surface area contributed by atoms with E-state index in [2.05, 4.69) is 10.2 Å². The van der Waals surface area contributed by atoms with Crippen LogP contribution in [0.2, 0.25) is 0 Å². The van der Waals surface area contributed by atoms with E-state index >= 15 is 0 Å². The maximum absolute atomic E-state index is 12.9. The quantitative estimate of drug-likeness (QED) is 0.334. The molecule has 5 atom stereocenters. The summed E-state index contributed by atoms with van der Waals surface area (Å²) in [6.07, 6.45) is -3.69. The topological polar surface area (TPSA) is 155 Å². The van der Waals surface area contributed by atoms with E-state index in [0.717, 1.165) is 17.7 Å². The molecule has 0 unspecified atom stereocenters. The number of carboxylic acids is 1. The first-order valence-electron chi connectivity index (χ1n) is 14.3. The molecule has 0 radical (unpaired) electrons. The van der Waals surface area contributed by atoms with Crippen molar-refractivity contribution in [2.75, 3.05) is 27.2 Å². The minimum atomic E-state index is -5.08. The van der Waals surface area contributed by atoms with Crippen LogP contribution >= 0.6 is 0 Å². The summed E-state index contributed by atoms with van der Waals surface area (Å²) in [4.78, 5) is 36.3. The van der Waals surface area contributed by atoms with Crippen molar-refractivity contribution in [1.29, 1.82) is 0 Å². The lowest BCUT2D eigenvalue weighted by Gasteiger charge is -2.61. The van der Waals surface area contributed by atoms with Crippen LogP contribution in [0.1, 0.15) is 42.1 Å². The number of piperidine rings is 1. The van der Waals surface area contributed by atoms with Gasteiger partial charge in [0, 0.05) is 24.6 Å². The number of ether oxygens (including phenoxy) is 3. The zero-order chi connectivity index (χ0) is 32.7. The van der Waals surface area contributed by atoms with Crippen molar-refractivity contribution >= 4 is 17.8 Å². The molecule has 0 saturated carbocycles. The van der Waals surface area contributed by atoms with Crippen LogP contribution in [0, 0.1) is 0 Å². The molecular formula is C31H33F3N2O9. The number of hydrogen-bond acceptors (Lipinski definition) is 9. The number of likely N-dealkylation sites (tertiary alicyclic amines) is 1. The van der Waals surface area contributed by atoms with Crippen LogP contribution in [0.15, 0.2) is 54.3 Å². The fourth-order valence-electron chi connectivity index (χ4n) is 6.94. The summed E-state index contributed by atoms with van der Waals surface area (Å²) >= 11 is 0. The molecule has 2 aromatic rings. The average molecular weight is 635 g/mol. The standard InChI is InChI=1S/C29H32N2O7.C2HF3O2/c1-31-15-13-28-23-18-8-9-19(36-2)25(23)38-26(28)20(10-12-29(28,35)21(31)16-18)37-22(32)11-14-30-27(34)24(33)17-6-4-3-5-7-17;3-2(4,5)1(6)7/h3-10,21,24,26,33,35H,11-16H2,1-2H3,(H,30,34);(H,6,7)/t21-,24-,26+,28+,29-;/m1./s1. The van der Waals surface area contributed by atoms with Gasteiger partial charge in [0.2, 0.25) is 0 Å². The second-order valence-electron chi connectivity index (χ2n) is 11.4. The smallest absolute Gasteiger partial charge is 0.490 e. The Labute approximate surface area is 256 Å². The number of likely N-dealkylation sites (N-methyl/N-ethyl adjacent to an activating group) is 1. The Kier molecular flexibility index (Phi) is 8.59. The summed E-state index contributed by atoms with van der Waals surface area (Å²) in [5.74, 6) is -2.28. The van der Waals surface area contributed by atoms with Crippen LogP contribution in [-0.4, -0.2) is 89.2 Å². The molecule has 14 heteroatoms. The predicted octanol–water partition coefficient (Wildman–Crippen LogP) is 2.39. The van der Waals surface area contributed by atoms with E-state index in [1.54, 1.807) is 43.5 Å². The molecule has 6 rings (SSSR count). The average Bonchev–Trinajstić information content (AvgIpc) is 3.36. The van der Waals surface area contributed by atoms with Crippen LogP contribution in [0.3, 0.4) is 0 Å². The Bertz CT molecular complexity index is 1520. The van der Waals surface area contributed by atoms with Gasteiger partial charge in [0.25, 0.3) is 5.91 Å². The zero-order valence-electron chi connectivity index (χ0n) is 24.5. The van der Waals surface area contributed by atoms with Gasteiger partial charge >= 0.3 is 18.1 Å². The number of nitrogens with zero attached hydrogens (tertiary/aromatic N) is 1. The number of methoxy groups -OCH3 is 1. The van der Waals surface area contributed by atoms with Gasteiger partial charge in [0.15, 0.2) is 23.7 Å². The second-order valence-corrected chi connectivity index (χ2v) is 11.4. The van der Waals surface area contributed by atoms with E-state index in [1.165, 1.54) is 0 Å². The number of carbonyl (C=O) groups is 3. The molecule has 11 nitrogen and oxygen atoms in total. The van der Waals surface area contributed by atoms with Crippen LogP contribution < -0.4 is 14.8 Å². The third kappa shape index (κ3) is 5.51. The number of aliphatic hydroxyl groups is 2. The number of nitrogens with one attached hydrogen (secondary N) is 1. The molecular weight excluding hydrogens is 601 g/mol. The highest BCUT2D eigenvalue weighted by atomic mass is 19.4. The van der Waals surface area contributed by atoms with E-state index < -0.39 is 47.2 Å². The molecule has 4 N–H and O–H groups in total. The van der Waals surface area contributed by atoms with Gasteiger partial charge in [-0.3, -0.25) is 9.59 Å². The molecule has 2 aliphatic carbocycles. The number of alkyl halides is 3. The molecule has 4 aliphatic rings. The first-order chi connectivity index (χ1) is 21.2. The number of carboxylic acid groups (broad SMARTS) is 1. The highest BCUT2D eigenvalue weighted by Gasteiger charge is 2.72. The molecule has 0 aromatic heterocycles. The minimum absolute atomic E-state index is 0.0144. The molecule has 1 saturated heterocycles. The maximum atomic E-state index is 12.9. The molecule has 2 bridgehead atoms. The van der Waals surface area contributed by atoms with Gasteiger partial charge in [0.05, 0.1) is 24.5 Å². The lowest BCUT2D eigenvalue weighted by Crippen LogP contribution is -2.74. The number of aliphatic hydroxyl groups excluding tert-OH is 1. The Balaban J connectivity index is 0.000000515. The van der Waals surface area contributed by atoms with E-state index in [4.69, 9.17) is 24.1 Å². The van der Waals surface area contributed by atoms with Gasteiger partial charge in [0.1, 0.15) is 5.76 Å². The van der Waals surface area contributed by atoms with Crippen LogP contribution in [0.4, 0.5) is 13.2 Å². The van der Waals surface area contributed by atoms with Crippen molar-refractivity contribution in [3.8, 4) is 11.5 Å². The molecule has 242 valence electrons. The Morgan fingerprint density at radius 3 is 2.51 bits per heavy atom. The van der Waals surface area contributed by atoms with E-state index in [1.807, 2.05) is 19.2 Å². The predicted molar refractivity (Wildman–Crippen MR) is 150 cm³/mol. The zero-order valence-corrected chi connectivity index (χ0v) is 24.5. The summed E-state index contributed by atoms with van der Waals surface area (Å²) in [6.45, 7) is 0.792. The normalized spacial score (nSPS) is 26.6. The number of amides is 1. The molecule has 1 spiro atoms. The number of rotatable bonds is 7. The van der Waals surface area contributed by atoms with Gasteiger partial charge < -0.3 is 39.7 Å². The molecule has 2 aromatic carbocycles. The van der Waals surface area contributed by atoms with Crippen LogP contribution in [0.5, 0.6) is 11.5 Å². The Hall–Kier alpha value is -4.14. The lowest BCUT2D eigenvalue weighted by atomic mass is 9.50. The number of carbonyl (C=O) groups excluding carboxylic acids is 2. The van der Waals surface area contributed by atoms with Crippen molar-refractivity contribution in [3.63, 3.8) is 0 Å². The first-order valence-corrected chi connectivity index (χ1v) is 14.3. The maximum Gasteiger partial charge on any atom is 0.490 e. The van der Waals surface area contributed by atoms with Crippen molar-refractivity contribution in [2.45, 2.75) is 61.1 Å². The largest absolute Gasteiger partial charge is 0.493 e. The van der Waals surface area contributed by atoms with E-state index in [0.29, 0.717) is 42.1 Å². The highest BCUT2D eigenvalue weighted by molar-refractivity contribution is 5.82. The summed E-state index contributed by atoms with van der Waals surface area (Å²) in [5, 5.41) is 32.2. The summed E-state index contributed by atoms with van der Waals surface area (Å²) in [7, 11) is 3.63. The monoisotopic (exact) mass is 634 g/mol. The van der Waals surface area contributed by atoms with Crippen molar-refractivity contribution in [3.05, 3.63) is 71.0 Å². The van der Waals surface area contributed by atoms with E-state index in [9.17, 15) is 33.0 Å². The third-order valence-electron chi connectivity index (χ3n) is 9.02. The van der Waals surface area contributed by atoms with Crippen molar-refractivity contribution < 1.29 is 57.1 Å². The van der Waals surface area contributed by atoms with Gasteiger partial charge in [-0.2, -0.15) is 13.2 Å². The second kappa shape index (κ2) is 12.0. The van der Waals surface area contributed by atoms with Gasteiger partial charge in [-0.25, -0.2) is 4.79 Å². The fraction of sp³-hybridized carbons (Fsp3) is 0.452. The molecule has 1 amide bonds. The van der Waals surface area contributed by atoms with Crippen molar-refractivity contribution in [1.82, 2.24) is 10.2 Å². The first kappa shape index (κ1) is 32.3. The van der Waals surface area contributed by atoms with Crippen LogP contribution in [0.25, 0.3) is 0 Å². The molecule has 45 heavy (non-hydrogen) atoms. The molecule has 2 heterocycles. The lowest BCUT2D eigenvalue weighted by molar-refractivity contribution is -0.192. The number of hydrogen-bond donors (Lipinski definition) is 4. The minimum Gasteiger partial charge on any atom is -0.493 e. The van der Waals surface area contributed by atoms with Crippen LogP contribution in [-0.2, 0) is 31.0 Å². The Morgan fingerprint density at radius 1 is 1.18 bits per heavy atom. The summed E-state index contributed by atoms with van der Waals surface area (Å²) in [6, 6.07) is 12.4.